The van der Waals surface area contributed by atoms with Crippen LogP contribution in [0.5, 0.6) is 0 Å². The predicted octanol–water partition coefficient (Wildman–Crippen LogP) is 3.51. The van der Waals surface area contributed by atoms with Crippen molar-refractivity contribution < 1.29 is 51.9 Å². The SMILES string of the molecule is CCCCNC(=O)OCC(O)COC(OCC(O)COC(=O)NCCCC)c1ccc(C(F)(F)F)cc1. The van der Waals surface area contributed by atoms with Crippen molar-refractivity contribution in [1.82, 2.24) is 10.6 Å². The Balaban J connectivity index is 2.65. The van der Waals surface area contributed by atoms with Crippen LogP contribution in [0, 0.1) is 0 Å². The molecular weight excluding hydrogens is 501 g/mol. The number of unbranched alkanes of at least 4 members (excludes halogenated alkanes) is 2. The maximum atomic E-state index is 12.9. The molecule has 0 aliphatic heterocycles. The number of carbonyl (C=O) groups is 2. The van der Waals surface area contributed by atoms with Gasteiger partial charge in [0.05, 0.1) is 18.8 Å². The van der Waals surface area contributed by atoms with Gasteiger partial charge in [0, 0.05) is 18.7 Å². The lowest BCUT2D eigenvalue weighted by molar-refractivity contribution is -0.179. The molecule has 4 N–H and O–H groups in total. The minimum absolute atomic E-state index is 0.184. The number of carbonyl (C=O) groups excluding carboxylic acids is 2. The smallest absolute Gasteiger partial charge is 0.416 e. The van der Waals surface area contributed by atoms with E-state index in [0.29, 0.717) is 13.1 Å². The molecule has 0 bridgehead atoms. The van der Waals surface area contributed by atoms with Crippen LogP contribution in [0.1, 0.15) is 56.9 Å². The highest BCUT2D eigenvalue weighted by Gasteiger charge is 2.30. The molecule has 13 heteroatoms. The first-order valence-electron chi connectivity index (χ1n) is 12.1. The number of alkyl halides is 3. The normalized spacial score (nSPS) is 13.9. The average Bonchev–Trinajstić information content (AvgIpc) is 2.86. The average molecular weight is 539 g/mol. The lowest BCUT2D eigenvalue weighted by atomic mass is 10.1. The van der Waals surface area contributed by atoms with E-state index < -0.39 is 42.4 Å². The number of amides is 2. The number of nitrogens with one attached hydrogen (secondary N) is 2. The third-order valence-electron chi connectivity index (χ3n) is 4.80. The number of aliphatic hydroxyl groups excluding tert-OH is 2. The minimum atomic E-state index is -4.54. The molecule has 0 aliphatic rings. The van der Waals surface area contributed by atoms with E-state index in [2.05, 4.69) is 10.6 Å². The zero-order chi connectivity index (χ0) is 27.7. The van der Waals surface area contributed by atoms with Gasteiger partial charge in [0.25, 0.3) is 0 Å². The van der Waals surface area contributed by atoms with E-state index in [1.807, 2.05) is 13.8 Å². The van der Waals surface area contributed by atoms with E-state index in [-0.39, 0.29) is 32.0 Å². The first kappa shape index (κ1) is 32.4. The van der Waals surface area contributed by atoms with E-state index in [1.54, 1.807) is 0 Å². The maximum Gasteiger partial charge on any atom is 0.416 e. The van der Waals surface area contributed by atoms with E-state index >= 15 is 0 Å². The molecule has 10 nitrogen and oxygen atoms in total. The topological polar surface area (TPSA) is 136 Å². The molecule has 2 amide bonds. The molecule has 1 aromatic rings. The van der Waals surface area contributed by atoms with E-state index in [1.165, 1.54) is 0 Å². The molecule has 1 rings (SSSR count). The fraction of sp³-hybridized carbons (Fsp3) is 0.667. The summed E-state index contributed by atoms with van der Waals surface area (Å²) in [6.45, 7) is 3.22. The Labute approximate surface area is 214 Å². The van der Waals surface area contributed by atoms with Gasteiger partial charge in [-0.1, -0.05) is 38.8 Å². The molecule has 212 valence electrons. The number of halogens is 3. The summed E-state index contributed by atoms with van der Waals surface area (Å²) in [6.07, 6.45) is -6.41. The molecule has 37 heavy (non-hydrogen) atoms. The van der Waals surface area contributed by atoms with Crippen molar-refractivity contribution in [2.24, 2.45) is 0 Å². The third-order valence-corrected chi connectivity index (χ3v) is 4.80. The molecule has 2 unspecified atom stereocenters. The highest BCUT2D eigenvalue weighted by Crippen LogP contribution is 2.30. The number of aliphatic hydroxyl groups is 2. The lowest BCUT2D eigenvalue weighted by Crippen LogP contribution is -2.32. The van der Waals surface area contributed by atoms with Crippen molar-refractivity contribution in [3.05, 3.63) is 35.4 Å². The van der Waals surface area contributed by atoms with Crippen LogP contribution in [-0.4, -0.2) is 74.1 Å². The number of benzene rings is 1. The second-order valence-electron chi connectivity index (χ2n) is 8.18. The predicted molar refractivity (Wildman–Crippen MR) is 127 cm³/mol. The van der Waals surface area contributed by atoms with Crippen LogP contribution < -0.4 is 10.6 Å². The summed E-state index contributed by atoms with van der Waals surface area (Å²) in [5.74, 6) is 0. The van der Waals surface area contributed by atoms with Gasteiger partial charge < -0.3 is 39.8 Å². The number of alkyl carbamates (subject to hydrolysis) is 2. The maximum absolute atomic E-state index is 12.9. The van der Waals surface area contributed by atoms with Gasteiger partial charge >= 0.3 is 18.4 Å². The molecule has 0 fully saturated rings. The molecule has 0 aromatic heterocycles. The van der Waals surface area contributed by atoms with Gasteiger partial charge in [0.15, 0.2) is 6.29 Å². The Bertz CT molecular complexity index is 744. The van der Waals surface area contributed by atoms with E-state index in [4.69, 9.17) is 18.9 Å². The summed E-state index contributed by atoms with van der Waals surface area (Å²) >= 11 is 0. The van der Waals surface area contributed by atoms with Gasteiger partial charge in [-0.25, -0.2) is 9.59 Å². The molecule has 0 saturated carbocycles. The number of ether oxygens (including phenoxy) is 4. The van der Waals surface area contributed by atoms with E-state index in [0.717, 1.165) is 49.9 Å². The molecule has 0 saturated heterocycles. The highest BCUT2D eigenvalue weighted by atomic mass is 19.4. The van der Waals surface area contributed by atoms with Crippen molar-refractivity contribution >= 4 is 12.2 Å². The van der Waals surface area contributed by atoms with Gasteiger partial charge in [-0.05, 0) is 25.0 Å². The molecule has 0 spiro atoms. The van der Waals surface area contributed by atoms with Crippen molar-refractivity contribution in [3.8, 4) is 0 Å². The van der Waals surface area contributed by atoms with Crippen LogP contribution in [0.25, 0.3) is 0 Å². The van der Waals surface area contributed by atoms with Crippen LogP contribution in [0.3, 0.4) is 0 Å². The summed E-state index contributed by atoms with van der Waals surface area (Å²) in [5.41, 5.74) is -0.691. The quantitative estimate of drug-likeness (QED) is 0.175. The lowest BCUT2D eigenvalue weighted by Gasteiger charge is -2.22. The number of rotatable bonds is 17. The van der Waals surface area contributed by atoms with E-state index in [9.17, 15) is 33.0 Å². The fourth-order valence-electron chi connectivity index (χ4n) is 2.74. The molecule has 0 radical (unpaired) electrons. The molecule has 1 aromatic carbocycles. The second kappa shape index (κ2) is 17.8. The van der Waals surface area contributed by atoms with Crippen LogP contribution in [0.4, 0.5) is 22.8 Å². The summed E-state index contributed by atoms with van der Waals surface area (Å²) < 4.78 is 59.5. The van der Waals surface area contributed by atoms with Crippen LogP contribution in [-0.2, 0) is 25.1 Å². The van der Waals surface area contributed by atoms with Gasteiger partial charge in [0.1, 0.15) is 25.4 Å². The van der Waals surface area contributed by atoms with Crippen molar-refractivity contribution in [2.45, 2.75) is 64.2 Å². The third kappa shape index (κ3) is 14.6. The monoisotopic (exact) mass is 538 g/mol. The first-order chi connectivity index (χ1) is 17.6. The molecule has 0 aliphatic carbocycles. The Kier molecular flexibility index (Phi) is 15.6. The Morgan fingerprint density at radius 1 is 0.811 bits per heavy atom. The van der Waals surface area contributed by atoms with Gasteiger partial charge in [0.2, 0.25) is 0 Å². The summed E-state index contributed by atoms with van der Waals surface area (Å²) in [6, 6.07) is 3.97. The molecule has 0 heterocycles. The zero-order valence-corrected chi connectivity index (χ0v) is 21.1. The second-order valence-corrected chi connectivity index (χ2v) is 8.18. The first-order valence-corrected chi connectivity index (χ1v) is 12.1. The number of hydrogen-bond donors (Lipinski definition) is 4. The Morgan fingerprint density at radius 2 is 1.24 bits per heavy atom. The standard InChI is InChI=1S/C24H37F3N2O8/c1-3-5-11-28-22(32)36-15-19(30)13-34-21(17-7-9-18(10-8-17)24(25,26)27)35-14-20(31)16-37-23(33)29-12-6-4-2/h7-10,19-21,30-31H,3-6,11-16H2,1-2H3,(H,28,32)(H,29,33). The number of hydrogen-bond acceptors (Lipinski definition) is 8. The zero-order valence-electron chi connectivity index (χ0n) is 21.1. The van der Waals surface area contributed by atoms with Crippen molar-refractivity contribution in [2.75, 3.05) is 39.5 Å². The van der Waals surface area contributed by atoms with Crippen LogP contribution in [0.15, 0.2) is 24.3 Å². The van der Waals surface area contributed by atoms with Gasteiger partial charge in [-0.3, -0.25) is 0 Å². The summed E-state index contributed by atoms with van der Waals surface area (Å²) in [5, 5.41) is 25.2. The highest BCUT2D eigenvalue weighted by molar-refractivity contribution is 5.67. The van der Waals surface area contributed by atoms with Crippen LogP contribution >= 0.6 is 0 Å². The van der Waals surface area contributed by atoms with Crippen molar-refractivity contribution in [1.29, 1.82) is 0 Å². The Hall–Kier alpha value is -2.61. The summed E-state index contributed by atoms with van der Waals surface area (Å²) in [4.78, 5) is 23.2. The fourth-order valence-corrected chi connectivity index (χ4v) is 2.74. The van der Waals surface area contributed by atoms with Crippen molar-refractivity contribution in [3.63, 3.8) is 0 Å². The molecule has 2 atom stereocenters. The largest absolute Gasteiger partial charge is 0.447 e. The van der Waals surface area contributed by atoms with Crippen LogP contribution in [0.2, 0.25) is 0 Å². The van der Waals surface area contributed by atoms with Gasteiger partial charge in [-0.15, -0.1) is 0 Å². The Morgan fingerprint density at radius 3 is 1.62 bits per heavy atom. The molecular formula is C24H37F3N2O8. The minimum Gasteiger partial charge on any atom is -0.447 e. The van der Waals surface area contributed by atoms with Gasteiger partial charge in [-0.2, -0.15) is 13.2 Å². The summed E-state index contributed by atoms with van der Waals surface area (Å²) in [7, 11) is 0.